The van der Waals surface area contributed by atoms with E-state index in [1.165, 1.54) is 0 Å². The Morgan fingerprint density at radius 2 is 0.844 bits per heavy atom. The molecule has 5 rings (SSSR count). The number of phenolic OH excluding ortho intramolecular Hbond substituents is 2. The molecule has 2 N–H and O–H groups in total. The maximum atomic E-state index is 10.4. The van der Waals surface area contributed by atoms with Crippen LogP contribution in [0.4, 0.5) is 11.4 Å². The van der Waals surface area contributed by atoms with Crippen LogP contribution in [0.2, 0.25) is 0 Å². The van der Waals surface area contributed by atoms with Crippen molar-refractivity contribution < 1.29 is 46.8 Å². The SMILES string of the molecule is CC(=O)[O-].CC(=O)[O-].Oc1ccc(-c2ccccc2)cc1C=Nc1ccccc1N=Cc1cc(-c2ccccc2)ccc1O.[Co+2]. The summed E-state index contributed by atoms with van der Waals surface area (Å²) in [5.74, 6) is -1.86. The van der Waals surface area contributed by atoms with Gasteiger partial charge in [-0.2, -0.15) is 0 Å². The van der Waals surface area contributed by atoms with Gasteiger partial charge < -0.3 is 30.0 Å². The molecular formula is C36H30CoN2O6. The number of aliphatic imine (C=N–C) groups is 2. The van der Waals surface area contributed by atoms with Crippen LogP contribution in [-0.4, -0.2) is 34.6 Å². The van der Waals surface area contributed by atoms with Crippen molar-refractivity contribution in [2.24, 2.45) is 9.98 Å². The number of aliphatic carboxylic acids is 2. The number of benzene rings is 5. The quantitative estimate of drug-likeness (QED) is 0.235. The van der Waals surface area contributed by atoms with Crippen LogP contribution in [0.5, 0.6) is 11.5 Å². The fraction of sp³-hybridized carbons (Fsp3) is 0.0556. The first-order valence-corrected chi connectivity index (χ1v) is 13.4. The van der Waals surface area contributed by atoms with E-state index in [1.54, 1.807) is 24.6 Å². The average Bonchev–Trinajstić information content (AvgIpc) is 3.01. The van der Waals surface area contributed by atoms with Gasteiger partial charge in [-0.05, 0) is 72.5 Å². The topological polar surface area (TPSA) is 145 Å². The number of carbonyl (C=O) groups excluding carboxylic acids is 2. The van der Waals surface area contributed by atoms with E-state index < -0.39 is 11.9 Å². The normalized spacial score (nSPS) is 10.2. The Hall–Kier alpha value is -5.51. The number of carboxylic acid groups (broad SMARTS) is 2. The molecule has 5 aromatic carbocycles. The Kier molecular flexibility index (Phi) is 14.4. The number of aromatic hydroxyl groups is 2. The Morgan fingerprint density at radius 1 is 0.533 bits per heavy atom. The number of hydrogen-bond donors (Lipinski definition) is 2. The number of carboxylic acids is 2. The molecule has 0 aliphatic rings. The van der Waals surface area contributed by atoms with Crippen LogP contribution in [0.15, 0.2) is 131 Å². The summed E-state index contributed by atoms with van der Waals surface area (Å²) in [6, 6.07) is 38.4. The van der Waals surface area contributed by atoms with E-state index in [1.807, 2.05) is 109 Å². The summed E-state index contributed by atoms with van der Waals surface area (Å²) in [6.07, 6.45) is 3.28. The summed E-state index contributed by atoms with van der Waals surface area (Å²) in [4.78, 5) is 27.0. The second-order valence-electron chi connectivity index (χ2n) is 9.27. The van der Waals surface area contributed by atoms with Crippen molar-refractivity contribution in [1.82, 2.24) is 0 Å². The van der Waals surface area contributed by atoms with Crippen LogP contribution in [0.3, 0.4) is 0 Å². The van der Waals surface area contributed by atoms with Crippen LogP contribution in [0, 0.1) is 0 Å². The van der Waals surface area contributed by atoms with Crippen molar-refractivity contribution in [2.75, 3.05) is 0 Å². The first-order valence-electron chi connectivity index (χ1n) is 13.4. The average molecular weight is 646 g/mol. The van der Waals surface area contributed by atoms with Gasteiger partial charge in [0, 0.05) is 35.5 Å². The molecule has 0 aliphatic heterocycles. The molecule has 229 valence electrons. The molecule has 45 heavy (non-hydrogen) atoms. The Balaban J connectivity index is 0.000000704. The third-order valence-electron chi connectivity index (χ3n) is 5.84. The van der Waals surface area contributed by atoms with Crippen molar-refractivity contribution in [3.05, 3.63) is 132 Å². The Bertz CT molecular complexity index is 1620. The minimum atomic E-state index is -1.08. The van der Waals surface area contributed by atoms with Gasteiger partial charge in [0.25, 0.3) is 0 Å². The van der Waals surface area contributed by atoms with E-state index in [2.05, 4.69) is 9.98 Å². The summed E-state index contributed by atoms with van der Waals surface area (Å²) in [5.41, 5.74) is 6.65. The second-order valence-corrected chi connectivity index (χ2v) is 9.27. The zero-order chi connectivity index (χ0) is 31.9. The Morgan fingerprint density at radius 3 is 1.18 bits per heavy atom. The van der Waals surface area contributed by atoms with E-state index in [4.69, 9.17) is 19.8 Å². The van der Waals surface area contributed by atoms with Crippen LogP contribution < -0.4 is 10.2 Å². The third-order valence-corrected chi connectivity index (χ3v) is 5.84. The number of phenols is 2. The maximum absolute atomic E-state index is 10.4. The molecular weight excluding hydrogens is 615 g/mol. The molecule has 5 aromatic rings. The van der Waals surface area contributed by atoms with E-state index in [9.17, 15) is 10.2 Å². The summed E-state index contributed by atoms with van der Waals surface area (Å²) < 4.78 is 0. The van der Waals surface area contributed by atoms with E-state index >= 15 is 0 Å². The molecule has 0 aliphatic carbocycles. The van der Waals surface area contributed by atoms with E-state index in [-0.39, 0.29) is 28.3 Å². The Labute approximate surface area is 271 Å². The number of para-hydroxylation sites is 2. The molecule has 0 unspecified atom stereocenters. The molecule has 9 heteroatoms. The molecule has 0 saturated heterocycles. The van der Waals surface area contributed by atoms with Gasteiger partial charge in [0.1, 0.15) is 11.5 Å². The number of nitrogens with zero attached hydrogens (tertiary/aromatic N) is 2. The van der Waals surface area contributed by atoms with Crippen LogP contribution in [-0.2, 0) is 26.4 Å². The van der Waals surface area contributed by atoms with Crippen molar-refractivity contribution in [3.63, 3.8) is 0 Å². The van der Waals surface area contributed by atoms with Gasteiger partial charge in [-0.3, -0.25) is 9.98 Å². The minimum Gasteiger partial charge on any atom is -0.550 e. The zero-order valence-electron chi connectivity index (χ0n) is 24.5. The van der Waals surface area contributed by atoms with Crippen molar-refractivity contribution >= 4 is 35.7 Å². The number of carbonyl (C=O) groups is 2. The van der Waals surface area contributed by atoms with Gasteiger partial charge in [-0.15, -0.1) is 0 Å². The molecule has 0 bridgehead atoms. The van der Waals surface area contributed by atoms with Gasteiger partial charge in [-0.1, -0.05) is 84.9 Å². The molecule has 1 radical (unpaired) electrons. The predicted octanol–water partition coefficient (Wildman–Crippen LogP) is 5.44. The molecule has 0 heterocycles. The second kappa shape index (κ2) is 18.2. The molecule has 0 atom stereocenters. The molecule has 0 aromatic heterocycles. The molecule has 8 nitrogen and oxygen atoms in total. The van der Waals surface area contributed by atoms with Gasteiger partial charge in [-0.25, -0.2) is 0 Å². The summed E-state index contributed by atoms with van der Waals surface area (Å²) in [5, 5.41) is 38.5. The number of hydrogen-bond acceptors (Lipinski definition) is 8. The van der Waals surface area contributed by atoms with Gasteiger partial charge in [0.2, 0.25) is 0 Å². The van der Waals surface area contributed by atoms with Crippen molar-refractivity contribution in [2.45, 2.75) is 13.8 Å². The molecule has 0 amide bonds. The van der Waals surface area contributed by atoms with Gasteiger partial charge in [0.15, 0.2) is 0 Å². The van der Waals surface area contributed by atoms with Crippen LogP contribution >= 0.6 is 0 Å². The summed E-state index contributed by atoms with van der Waals surface area (Å²) >= 11 is 0. The van der Waals surface area contributed by atoms with Gasteiger partial charge >= 0.3 is 16.8 Å². The van der Waals surface area contributed by atoms with Crippen LogP contribution in [0.1, 0.15) is 25.0 Å². The third kappa shape index (κ3) is 11.9. The molecule has 0 saturated carbocycles. The minimum absolute atomic E-state index is 0. The molecule has 0 spiro atoms. The smallest absolute Gasteiger partial charge is 0.550 e. The molecule has 0 fully saturated rings. The predicted molar refractivity (Wildman–Crippen MR) is 169 cm³/mol. The standard InChI is InChI=1S/C32H24N2O2.2C2H4O2.Co/c35-31-17-15-25(23-9-3-1-4-10-23)19-27(31)21-33-29-13-7-8-14-30(29)34-22-28-20-26(16-18-32(28)36)24-11-5-2-6-12-24;2*1-2(3)4;/h1-22,35-36H;2*1H3,(H,3,4);/q;;;+2/p-2. The largest absolute Gasteiger partial charge is 2.00 e. The summed E-state index contributed by atoms with van der Waals surface area (Å²) in [7, 11) is 0. The van der Waals surface area contributed by atoms with Crippen molar-refractivity contribution in [3.8, 4) is 33.8 Å². The summed E-state index contributed by atoms with van der Waals surface area (Å²) in [6.45, 7) is 1.94. The van der Waals surface area contributed by atoms with E-state index in [0.29, 0.717) is 22.5 Å². The van der Waals surface area contributed by atoms with Crippen molar-refractivity contribution in [1.29, 1.82) is 0 Å². The fourth-order valence-corrected chi connectivity index (χ4v) is 3.90. The maximum Gasteiger partial charge on any atom is 2.00 e. The van der Waals surface area contributed by atoms with Gasteiger partial charge in [0.05, 0.1) is 11.4 Å². The van der Waals surface area contributed by atoms with Crippen LogP contribution in [0.25, 0.3) is 22.3 Å². The first-order chi connectivity index (χ1) is 21.1. The monoisotopic (exact) mass is 645 g/mol. The fourth-order valence-electron chi connectivity index (χ4n) is 3.90. The number of rotatable bonds is 6. The first kappa shape index (κ1) is 35.7. The van der Waals surface area contributed by atoms with E-state index in [0.717, 1.165) is 36.1 Å². The zero-order valence-corrected chi connectivity index (χ0v) is 25.5.